The average Bonchev–Trinajstić information content (AvgIpc) is 3.22. The molecule has 5 aromatic rings. The molecule has 1 atom stereocenters. The van der Waals surface area contributed by atoms with Crippen molar-refractivity contribution < 1.29 is 13.2 Å². The molecule has 2 N–H and O–H groups in total. The number of anilines is 1. The first-order valence-corrected chi connectivity index (χ1v) is 9.33. The van der Waals surface area contributed by atoms with Gasteiger partial charge in [-0.05, 0) is 31.2 Å². The molecule has 3 aromatic heterocycles. The van der Waals surface area contributed by atoms with Crippen LogP contribution in [0, 0.1) is 17.5 Å². The molecular formula is C21H14F3N7. The molecule has 0 spiro atoms. The number of rotatable bonds is 4. The third kappa shape index (κ3) is 3.41. The zero-order valence-electron chi connectivity index (χ0n) is 16.1. The maximum absolute atomic E-state index is 14.4. The summed E-state index contributed by atoms with van der Waals surface area (Å²) in [6.07, 6.45) is 2.86. The van der Waals surface area contributed by atoms with E-state index in [1.54, 1.807) is 13.0 Å². The Balaban J connectivity index is 1.68. The molecule has 2 aromatic carbocycles. The lowest BCUT2D eigenvalue weighted by Crippen LogP contribution is -2.13. The molecule has 5 rings (SSSR count). The number of fused-ring (bicyclic) bond motifs is 2. The van der Waals surface area contributed by atoms with Gasteiger partial charge in [-0.25, -0.2) is 38.1 Å². The first-order valence-electron chi connectivity index (χ1n) is 9.33. The minimum Gasteiger partial charge on any atom is -0.360 e. The highest BCUT2D eigenvalue weighted by Gasteiger charge is 2.21. The fourth-order valence-corrected chi connectivity index (χ4v) is 3.41. The molecule has 10 heteroatoms. The SMILES string of the molecule is CC(Nc1ncnc2nc[nH]c12)c1nc2cccc(F)c2nc1-c1cc(F)cc(F)c1. The minimum absolute atomic E-state index is 0.0103. The molecule has 0 bridgehead atoms. The van der Waals surface area contributed by atoms with E-state index in [0.717, 1.165) is 18.2 Å². The van der Waals surface area contributed by atoms with E-state index in [2.05, 4.69) is 35.2 Å². The quantitative estimate of drug-likeness (QED) is 0.442. The van der Waals surface area contributed by atoms with Gasteiger partial charge < -0.3 is 10.3 Å². The van der Waals surface area contributed by atoms with Gasteiger partial charge in [0.25, 0.3) is 0 Å². The van der Waals surface area contributed by atoms with E-state index in [9.17, 15) is 13.2 Å². The van der Waals surface area contributed by atoms with Crippen molar-refractivity contribution >= 4 is 28.0 Å². The fraction of sp³-hybridized carbons (Fsp3) is 0.0952. The number of halogens is 3. The van der Waals surface area contributed by atoms with Crippen LogP contribution in [0.2, 0.25) is 0 Å². The highest BCUT2D eigenvalue weighted by Crippen LogP contribution is 2.31. The minimum atomic E-state index is -0.771. The molecule has 0 aliphatic heterocycles. The monoisotopic (exact) mass is 421 g/mol. The Hall–Kier alpha value is -4.08. The van der Waals surface area contributed by atoms with Crippen LogP contribution in [0.5, 0.6) is 0 Å². The van der Waals surface area contributed by atoms with Gasteiger partial charge >= 0.3 is 0 Å². The Kier molecular flexibility index (Phi) is 4.46. The number of para-hydroxylation sites is 1. The number of benzene rings is 2. The summed E-state index contributed by atoms with van der Waals surface area (Å²) in [7, 11) is 0. The molecule has 0 amide bonds. The molecule has 154 valence electrons. The van der Waals surface area contributed by atoms with Gasteiger partial charge in [0.1, 0.15) is 29.0 Å². The molecule has 3 heterocycles. The molecule has 1 unspecified atom stereocenters. The van der Waals surface area contributed by atoms with Crippen molar-refractivity contribution in [1.82, 2.24) is 29.9 Å². The first-order chi connectivity index (χ1) is 15.0. The number of hydrogen-bond donors (Lipinski definition) is 2. The second kappa shape index (κ2) is 7.31. The lowest BCUT2D eigenvalue weighted by atomic mass is 10.0. The summed E-state index contributed by atoms with van der Waals surface area (Å²) in [6.45, 7) is 1.79. The summed E-state index contributed by atoms with van der Waals surface area (Å²) in [4.78, 5) is 24.3. The van der Waals surface area contributed by atoms with Gasteiger partial charge in [0, 0.05) is 11.6 Å². The van der Waals surface area contributed by atoms with Crippen LogP contribution in [0.3, 0.4) is 0 Å². The van der Waals surface area contributed by atoms with Crippen molar-refractivity contribution in [1.29, 1.82) is 0 Å². The van der Waals surface area contributed by atoms with E-state index in [4.69, 9.17) is 0 Å². The Bertz CT molecular complexity index is 1410. The van der Waals surface area contributed by atoms with Crippen LogP contribution < -0.4 is 5.32 Å². The van der Waals surface area contributed by atoms with Crippen molar-refractivity contribution in [2.45, 2.75) is 13.0 Å². The van der Waals surface area contributed by atoms with Crippen molar-refractivity contribution in [2.24, 2.45) is 0 Å². The molecule has 0 radical (unpaired) electrons. The van der Waals surface area contributed by atoms with Crippen molar-refractivity contribution in [3.05, 3.63) is 72.2 Å². The summed E-state index contributed by atoms with van der Waals surface area (Å²) in [5, 5.41) is 3.20. The predicted octanol–water partition coefficient (Wildman–Crippen LogP) is 4.55. The van der Waals surface area contributed by atoms with Crippen LogP contribution in [0.1, 0.15) is 18.7 Å². The summed E-state index contributed by atoms with van der Waals surface area (Å²) in [5.74, 6) is -1.66. The Morgan fingerprint density at radius 2 is 1.77 bits per heavy atom. The van der Waals surface area contributed by atoms with Crippen LogP contribution in [-0.2, 0) is 0 Å². The average molecular weight is 421 g/mol. The molecule has 0 aliphatic rings. The van der Waals surface area contributed by atoms with Gasteiger partial charge in [-0.3, -0.25) is 0 Å². The third-order valence-corrected chi connectivity index (χ3v) is 4.79. The topological polar surface area (TPSA) is 92.3 Å². The predicted molar refractivity (Wildman–Crippen MR) is 109 cm³/mol. The second-order valence-corrected chi connectivity index (χ2v) is 6.91. The van der Waals surface area contributed by atoms with E-state index in [0.29, 0.717) is 28.2 Å². The van der Waals surface area contributed by atoms with E-state index >= 15 is 0 Å². The Labute approximate surface area is 173 Å². The largest absolute Gasteiger partial charge is 0.360 e. The van der Waals surface area contributed by atoms with Crippen LogP contribution >= 0.6 is 0 Å². The number of aromatic nitrogens is 6. The van der Waals surface area contributed by atoms with Crippen molar-refractivity contribution in [3.8, 4) is 11.3 Å². The van der Waals surface area contributed by atoms with Gasteiger partial charge in [-0.15, -0.1) is 0 Å². The molecule has 0 saturated carbocycles. The van der Waals surface area contributed by atoms with Crippen LogP contribution in [0.25, 0.3) is 33.5 Å². The fourth-order valence-electron chi connectivity index (χ4n) is 3.41. The van der Waals surface area contributed by atoms with E-state index in [1.165, 1.54) is 24.8 Å². The van der Waals surface area contributed by atoms with Crippen molar-refractivity contribution in [2.75, 3.05) is 5.32 Å². The zero-order chi connectivity index (χ0) is 21.5. The van der Waals surface area contributed by atoms with Gasteiger partial charge in [0.15, 0.2) is 17.3 Å². The maximum atomic E-state index is 14.4. The Morgan fingerprint density at radius 3 is 2.58 bits per heavy atom. The number of hydrogen-bond acceptors (Lipinski definition) is 6. The maximum Gasteiger partial charge on any atom is 0.182 e. The van der Waals surface area contributed by atoms with Crippen LogP contribution in [0.4, 0.5) is 19.0 Å². The summed E-state index contributed by atoms with van der Waals surface area (Å²) >= 11 is 0. The zero-order valence-corrected chi connectivity index (χ0v) is 16.1. The lowest BCUT2D eigenvalue weighted by Gasteiger charge is -2.18. The standard InChI is InChI=1S/C21H14F3N7/c1-10(29-21-19-20(26-8-25-19)27-9-28-21)16-17(11-5-12(22)7-13(23)6-11)31-18-14(24)3-2-4-15(18)30-16/h2-10H,1H3,(H2,25,26,27,28,29). The normalized spacial score (nSPS) is 12.4. The van der Waals surface area contributed by atoms with E-state index < -0.39 is 23.5 Å². The van der Waals surface area contributed by atoms with E-state index in [1.807, 2.05) is 0 Å². The molecule has 0 fully saturated rings. The summed E-state index contributed by atoms with van der Waals surface area (Å²) in [5.41, 5.74) is 2.07. The molecule has 0 saturated heterocycles. The third-order valence-electron chi connectivity index (χ3n) is 4.79. The Morgan fingerprint density at radius 1 is 0.968 bits per heavy atom. The van der Waals surface area contributed by atoms with Crippen LogP contribution in [-0.4, -0.2) is 29.9 Å². The smallest absolute Gasteiger partial charge is 0.182 e. The highest BCUT2D eigenvalue weighted by atomic mass is 19.1. The number of imidazole rings is 1. The number of H-pyrrole nitrogens is 1. The van der Waals surface area contributed by atoms with Crippen LogP contribution in [0.15, 0.2) is 49.1 Å². The lowest BCUT2D eigenvalue weighted by molar-refractivity contribution is 0.584. The number of aromatic amines is 1. The van der Waals surface area contributed by atoms with Crippen molar-refractivity contribution in [3.63, 3.8) is 0 Å². The van der Waals surface area contributed by atoms with E-state index in [-0.39, 0.29) is 16.8 Å². The number of nitrogens with one attached hydrogen (secondary N) is 2. The molecule has 0 aliphatic carbocycles. The highest BCUT2D eigenvalue weighted by molar-refractivity contribution is 5.83. The van der Waals surface area contributed by atoms with Gasteiger partial charge in [0.2, 0.25) is 0 Å². The summed E-state index contributed by atoms with van der Waals surface area (Å²) < 4.78 is 42.2. The molecule has 7 nitrogen and oxygen atoms in total. The summed E-state index contributed by atoms with van der Waals surface area (Å²) in [6, 6.07) is 6.91. The van der Waals surface area contributed by atoms with Gasteiger partial charge in [-0.2, -0.15) is 0 Å². The first kappa shape index (κ1) is 18.9. The molecule has 31 heavy (non-hydrogen) atoms. The van der Waals surface area contributed by atoms with Gasteiger partial charge in [-0.1, -0.05) is 6.07 Å². The number of nitrogens with zero attached hydrogens (tertiary/aromatic N) is 5. The second-order valence-electron chi connectivity index (χ2n) is 6.91. The van der Waals surface area contributed by atoms with Gasteiger partial charge in [0.05, 0.1) is 29.3 Å². The molecular weight excluding hydrogens is 407 g/mol.